The Bertz CT molecular complexity index is 1180. The summed E-state index contributed by atoms with van der Waals surface area (Å²) in [5.41, 5.74) is 0.703. The number of carbonyl (C=O) groups is 2. The van der Waals surface area contributed by atoms with Crippen molar-refractivity contribution in [2.45, 2.75) is 45.8 Å². The fourth-order valence-electron chi connectivity index (χ4n) is 3.21. The lowest BCUT2D eigenvalue weighted by Crippen LogP contribution is -2.53. The van der Waals surface area contributed by atoms with Gasteiger partial charge in [-0.05, 0) is 62.2 Å². The minimum atomic E-state index is -4.13. The van der Waals surface area contributed by atoms with Gasteiger partial charge in [0.05, 0.1) is 15.7 Å². The highest BCUT2D eigenvalue weighted by molar-refractivity contribution is 7.90. The summed E-state index contributed by atoms with van der Waals surface area (Å²) in [5.74, 6) is -1.58. The second kappa shape index (κ2) is 12.7. The van der Waals surface area contributed by atoms with Crippen molar-refractivity contribution in [3.05, 3.63) is 63.9 Å². The number of benzene rings is 2. The zero-order valence-corrected chi connectivity index (χ0v) is 23.2. The number of carbonyl (C=O) groups excluding carboxylic acids is 2. The average Bonchev–Trinajstić information content (AvgIpc) is 2.82. The first-order chi connectivity index (χ1) is 16.8. The lowest BCUT2D eigenvalue weighted by molar-refractivity contribution is -0.139. The van der Waals surface area contributed by atoms with Gasteiger partial charge in [0, 0.05) is 26.7 Å². The fraction of sp³-hybridized carbons (Fsp3) is 0.417. The predicted molar refractivity (Wildman–Crippen MR) is 141 cm³/mol. The highest BCUT2D eigenvalue weighted by Crippen LogP contribution is 2.25. The minimum Gasteiger partial charge on any atom is -0.352 e. The molecule has 2 rings (SSSR count). The van der Waals surface area contributed by atoms with E-state index in [4.69, 9.17) is 23.2 Å². The third-order valence-electron chi connectivity index (χ3n) is 5.64. The zero-order valence-electron chi connectivity index (χ0n) is 20.8. The third kappa shape index (κ3) is 7.55. The van der Waals surface area contributed by atoms with E-state index >= 15 is 0 Å². The van der Waals surface area contributed by atoms with Gasteiger partial charge in [-0.15, -0.1) is 0 Å². The first kappa shape index (κ1) is 29.8. The molecule has 0 heterocycles. The molecule has 12 heteroatoms. The van der Waals surface area contributed by atoms with Gasteiger partial charge in [-0.25, -0.2) is 8.70 Å². The van der Waals surface area contributed by atoms with Gasteiger partial charge in [-0.3, -0.25) is 9.59 Å². The van der Waals surface area contributed by atoms with Crippen LogP contribution in [-0.4, -0.2) is 62.2 Å². The number of nitrogens with one attached hydrogen (secondary N) is 1. The summed E-state index contributed by atoms with van der Waals surface area (Å²) in [7, 11) is -1.48. The molecule has 0 aliphatic rings. The Morgan fingerprint density at radius 2 is 1.64 bits per heavy atom. The smallest absolute Gasteiger partial charge is 0.304 e. The molecule has 36 heavy (non-hydrogen) atoms. The van der Waals surface area contributed by atoms with E-state index in [-0.39, 0.29) is 29.2 Å². The molecule has 0 aliphatic heterocycles. The summed E-state index contributed by atoms with van der Waals surface area (Å²) < 4.78 is 41.5. The number of hydrogen-bond acceptors (Lipinski definition) is 4. The molecule has 1 N–H and O–H groups in total. The van der Waals surface area contributed by atoms with E-state index < -0.39 is 34.5 Å². The summed E-state index contributed by atoms with van der Waals surface area (Å²) in [6.07, 6.45) is 0.693. The molecule has 0 radical (unpaired) electrons. The number of nitrogens with zero attached hydrogens (tertiary/aromatic N) is 3. The number of anilines is 1. The Labute approximate surface area is 222 Å². The van der Waals surface area contributed by atoms with Crippen molar-refractivity contribution in [2.24, 2.45) is 0 Å². The topological polar surface area (TPSA) is 90.0 Å². The van der Waals surface area contributed by atoms with Gasteiger partial charge in [0.2, 0.25) is 11.8 Å². The van der Waals surface area contributed by atoms with Crippen LogP contribution >= 0.6 is 23.2 Å². The van der Waals surface area contributed by atoms with E-state index in [2.05, 4.69) is 5.32 Å². The van der Waals surface area contributed by atoms with Crippen molar-refractivity contribution in [3.8, 4) is 0 Å². The summed E-state index contributed by atoms with van der Waals surface area (Å²) in [6, 6.07) is 8.52. The minimum absolute atomic E-state index is 0.0237. The molecule has 0 saturated heterocycles. The first-order valence-corrected chi connectivity index (χ1v) is 13.4. The van der Waals surface area contributed by atoms with Crippen LogP contribution in [0, 0.1) is 5.82 Å². The molecule has 0 bridgehead atoms. The van der Waals surface area contributed by atoms with Gasteiger partial charge >= 0.3 is 10.2 Å². The lowest BCUT2D eigenvalue weighted by atomic mass is 10.1. The quantitative estimate of drug-likeness (QED) is 0.448. The summed E-state index contributed by atoms with van der Waals surface area (Å²) in [4.78, 5) is 27.8. The summed E-state index contributed by atoms with van der Waals surface area (Å²) in [6.45, 7) is 4.69. The van der Waals surface area contributed by atoms with E-state index in [9.17, 15) is 22.4 Å². The van der Waals surface area contributed by atoms with Crippen molar-refractivity contribution < 1.29 is 22.4 Å². The van der Waals surface area contributed by atoms with Crippen LogP contribution in [0.1, 0.15) is 32.8 Å². The number of amides is 2. The van der Waals surface area contributed by atoms with Gasteiger partial charge in [0.1, 0.15) is 18.4 Å². The van der Waals surface area contributed by atoms with Crippen LogP contribution in [0.25, 0.3) is 0 Å². The SMILES string of the molecule is CC[C@H](C)NC(=O)[C@@H](C)N(Cc1ccc(Cl)c(Cl)c1)C(=O)CN(c1ccc(F)cc1)S(=O)(=O)N(C)C. The maximum atomic E-state index is 13.6. The van der Waals surface area contributed by atoms with Crippen molar-refractivity contribution in [1.82, 2.24) is 14.5 Å². The molecule has 8 nitrogen and oxygen atoms in total. The monoisotopic (exact) mass is 560 g/mol. The Morgan fingerprint density at radius 1 is 1.03 bits per heavy atom. The van der Waals surface area contributed by atoms with Crippen molar-refractivity contribution >= 4 is 50.9 Å². The summed E-state index contributed by atoms with van der Waals surface area (Å²) in [5, 5.41) is 3.46. The van der Waals surface area contributed by atoms with Crippen LogP contribution in [0.3, 0.4) is 0 Å². The van der Waals surface area contributed by atoms with E-state index in [0.29, 0.717) is 17.0 Å². The molecule has 2 amide bonds. The molecule has 0 aromatic heterocycles. The van der Waals surface area contributed by atoms with E-state index in [1.54, 1.807) is 25.1 Å². The first-order valence-electron chi connectivity index (χ1n) is 11.3. The van der Waals surface area contributed by atoms with Crippen LogP contribution in [0.4, 0.5) is 10.1 Å². The fourth-order valence-corrected chi connectivity index (χ4v) is 4.58. The molecule has 0 spiro atoms. The Hall–Kier alpha value is -2.40. The largest absolute Gasteiger partial charge is 0.352 e. The van der Waals surface area contributed by atoms with Crippen LogP contribution < -0.4 is 9.62 Å². The number of halogens is 3. The van der Waals surface area contributed by atoms with Gasteiger partial charge in [0.25, 0.3) is 0 Å². The maximum absolute atomic E-state index is 13.6. The third-order valence-corrected chi connectivity index (χ3v) is 8.20. The van der Waals surface area contributed by atoms with E-state index in [1.807, 2.05) is 13.8 Å². The molecular formula is C24H31Cl2FN4O4S. The summed E-state index contributed by atoms with van der Waals surface area (Å²) >= 11 is 12.2. The van der Waals surface area contributed by atoms with Gasteiger partial charge in [-0.2, -0.15) is 12.7 Å². The van der Waals surface area contributed by atoms with Crippen LogP contribution in [0.5, 0.6) is 0 Å². The van der Waals surface area contributed by atoms with E-state index in [1.165, 1.54) is 31.1 Å². The molecule has 2 aromatic carbocycles. The highest BCUT2D eigenvalue weighted by Gasteiger charge is 2.33. The Kier molecular flexibility index (Phi) is 10.5. The van der Waals surface area contributed by atoms with Crippen molar-refractivity contribution in [1.29, 1.82) is 0 Å². The van der Waals surface area contributed by atoms with Crippen molar-refractivity contribution in [2.75, 3.05) is 24.9 Å². The van der Waals surface area contributed by atoms with Crippen LogP contribution in [-0.2, 0) is 26.3 Å². The molecule has 0 aliphatic carbocycles. The normalized spacial score (nSPS) is 13.2. The number of hydrogen-bond donors (Lipinski definition) is 1. The van der Waals surface area contributed by atoms with Crippen LogP contribution in [0.15, 0.2) is 42.5 Å². The van der Waals surface area contributed by atoms with E-state index in [0.717, 1.165) is 20.7 Å². The molecule has 198 valence electrons. The van der Waals surface area contributed by atoms with Gasteiger partial charge < -0.3 is 10.2 Å². The zero-order chi connectivity index (χ0) is 27.2. The highest BCUT2D eigenvalue weighted by atomic mass is 35.5. The lowest BCUT2D eigenvalue weighted by Gasteiger charge is -2.33. The van der Waals surface area contributed by atoms with Crippen LogP contribution in [0.2, 0.25) is 10.0 Å². The molecule has 2 atom stereocenters. The van der Waals surface area contributed by atoms with Gasteiger partial charge in [-0.1, -0.05) is 36.2 Å². The second-order valence-corrected chi connectivity index (χ2v) is 11.4. The standard InChI is InChI=1S/C24H31Cl2FN4O4S/c1-6-16(2)28-24(33)17(3)30(14-18-7-12-21(25)22(26)13-18)23(32)15-31(36(34,35)29(4)5)20-10-8-19(27)9-11-20/h7-13,16-17H,6,14-15H2,1-5H3,(H,28,33)/t16-,17+/m0/s1. The Morgan fingerprint density at radius 3 is 2.17 bits per heavy atom. The van der Waals surface area contributed by atoms with Crippen molar-refractivity contribution in [3.63, 3.8) is 0 Å². The molecule has 0 unspecified atom stereocenters. The number of rotatable bonds is 11. The second-order valence-electron chi connectivity index (χ2n) is 8.54. The molecule has 0 fully saturated rings. The Balaban J connectivity index is 2.46. The molecule has 2 aromatic rings. The molecular weight excluding hydrogens is 530 g/mol. The molecule has 0 saturated carbocycles. The maximum Gasteiger partial charge on any atom is 0.304 e. The van der Waals surface area contributed by atoms with Gasteiger partial charge in [0.15, 0.2) is 0 Å². The predicted octanol–water partition coefficient (Wildman–Crippen LogP) is 4.08. The average molecular weight is 562 g/mol.